The van der Waals surface area contributed by atoms with Crippen LogP contribution in [0.2, 0.25) is 0 Å². The molecule has 0 saturated carbocycles. The second kappa shape index (κ2) is 7.14. The third-order valence-electron chi connectivity index (χ3n) is 3.22. The summed E-state index contributed by atoms with van der Waals surface area (Å²) < 4.78 is 19.6. The number of thioether (sulfide) groups is 1. The summed E-state index contributed by atoms with van der Waals surface area (Å²) in [6.45, 7) is 3.52. The van der Waals surface area contributed by atoms with E-state index < -0.39 is 0 Å². The van der Waals surface area contributed by atoms with Crippen molar-refractivity contribution < 1.29 is 13.6 Å². The topological polar surface area (TPSA) is 68.0 Å². The number of rotatable bonds is 5. The molecule has 124 valence electrons. The first-order chi connectivity index (χ1) is 11.5. The molecule has 0 aliphatic carbocycles. The molecule has 3 aromatic rings. The molecule has 24 heavy (non-hydrogen) atoms. The second-order valence-electron chi connectivity index (χ2n) is 5.03. The molecule has 2 aromatic heterocycles. The van der Waals surface area contributed by atoms with E-state index in [1.54, 1.807) is 38.1 Å². The number of hydrogen-bond donors (Lipinski definition) is 1. The van der Waals surface area contributed by atoms with Crippen molar-refractivity contribution in [2.45, 2.75) is 23.9 Å². The van der Waals surface area contributed by atoms with Crippen LogP contribution < -0.4 is 5.32 Å². The molecule has 0 aliphatic rings. The maximum atomic E-state index is 13.6. The minimum Gasteiger partial charge on any atom is -0.466 e. The summed E-state index contributed by atoms with van der Waals surface area (Å²) >= 11 is 2.62. The van der Waals surface area contributed by atoms with Crippen LogP contribution in [0.25, 0.3) is 0 Å². The molecule has 1 N–H and O–H groups in total. The highest BCUT2D eigenvalue weighted by molar-refractivity contribution is 8.00. The highest BCUT2D eigenvalue weighted by Gasteiger charge is 2.16. The van der Waals surface area contributed by atoms with Gasteiger partial charge in [-0.3, -0.25) is 10.1 Å². The minimum atomic E-state index is -0.286. The van der Waals surface area contributed by atoms with Crippen LogP contribution >= 0.6 is 23.1 Å². The molecule has 1 aromatic carbocycles. The van der Waals surface area contributed by atoms with Crippen molar-refractivity contribution in [2.75, 3.05) is 5.32 Å². The number of aromatic nitrogens is 2. The molecule has 0 unspecified atom stereocenters. The summed E-state index contributed by atoms with van der Waals surface area (Å²) in [6, 6.07) is 8.29. The van der Waals surface area contributed by atoms with Crippen LogP contribution in [-0.4, -0.2) is 16.1 Å². The van der Waals surface area contributed by atoms with Gasteiger partial charge in [0.15, 0.2) is 4.34 Å². The molecule has 0 atom stereocenters. The Balaban J connectivity index is 1.62. The summed E-state index contributed by atoms with van der Waals surface area (Å²) in [4.78, 5) is 12.2. The quantitative estimate of drug-likeness (QED) is 0.536. The number of carbonyl (C=O) groups excluding carboxylic acids is 1. The van der Waals surface area contributed by atoms with Crippen LogP contribution in [0.1, 0.15) is 27.4 Å². The molecule has 1 amide bonds. The lowest BCUT2D eigenvalue weighted by Crippen LogP contribution is -2.11. The third kappa shape index (κ3) is 3.82. The van der Waals surface area contributed by atoms with Crippen molar-refractivity contribution in [3.05, 3.63) is 58.8 Å². The van der Waals surface area contributed by atoms with E-state index in [0.717, 1.165) is 0 Å². The largest absolute Gasteiger partial charge is 0.466 e. The van der Waals surface area contributed by atoms with Crippen molar-refractivity contribution in [1.29, 1.82) is 0 Å². The zero-order valence-corrected chi connectivity index (χ0v) is 14.6. The maximum absolute atomic E-state index is 13.6. The van der Waals surface area contributed by atoms with Gasteiger partial charge in [-0.1, -0.05) is 41.3 Å². The van der Waals surface area contributed by atoms with Gasteiger partial charge in [-0.15, -0.1) is 10.2 Å². The second-order valence-corrected chi connectivity index (χ2v) is 7.23. The zero-order chi connectivity index (χ0) is 17.1. The average molecular weight is 363 g/mol. The lowest BCUT2D eigenvalue weighted by atomic mass is 10.2. The highest BCUT2D eigenvalue weighted by atomic mass is 32.2. The van der Waals surface area contributed by atoms with Crippen molar-refractivity contribution in [2.24, 2.45) is 0 Å². The Labute approximate surface area is 146 Å². The predicted octanol–water partition coefficient (Wildman–Crippen LogP) is 4.43. The Morgan fingerprint density at radius 2 is 2.12 bits per heavy atom. The number of amides is 1. The van der Waals surface area contributed by atoms with Gasteiger partial charge in [0.05, 0.1) is 5.56 Å². The molecule has 3 rings (SSSR count). The predicted molar refractivity (Wildman–Crippen MR) is 92.0 cm³/mol. The van der Waals surface area contributed by atoms with Gasteiger partial charge in [0.1, 0.15) is 17.3 Å². The number of nitrogens with one attached hydrogen (secondary N) is 1. The van der Waals surface area contributed by atoms with Crippen LogP contribution in [0.15, 0.2) is 39.1 Å². The molecule has 0 saturated heterocycles. The standard InChI is InChI=1S/C16H14FN3O2S2/c1-9-7-12(10(2)22-9)14(21)18-15-19-20-16(24-15)23-8-11-5-3-4-6-13(11)17/h3-7H,8H2,1-2H3,(H,18,19,21). The number of anilines is 1. The Morgan fingerprint density at radius 1 is 1.33 bits per heavy atom. The fraction of sp³-hybridized carbons (Fsp3) is 0.188. The highest BCUT2D eigenvalue weighted by Crippen LogP contribution is 2.29. The van der Waals surface area contributed by atoms with Gasteiger partial charge < -0.3 is 4.42 Å². The molecular formula is C16H14FN3O2S2. The van der Waals surface area contributed by atoms with Crippen LogP contribution in [0, 0.1) is 19.7 Å². The number of nitrogens with zero attached hydrogens (tertiary/aromatic N) is 2. The Morgan fingerprint density at radius 3 is 2.83 bits per heavy atom. The van der Waals surface area contributed by atoms with E-state index in [4.69, 9.17) is 4.42 Å². The van der Waals surface area contributed by atoms with Gasteiger partial charge in [-0.25, -0.2) is 4.39 Å². The third-order valence-corrected chi connectivity index (χ3v) is 5.24. The van der Waals surface area contributed by atoms with Gasteiger partial charge in [-0.05, 0) is 31.5 Å². The van der Waals surface area contributed by atoms with E-state index in [0.29, 0.717) is 37.9 Å². The van der Waals surface area contributed by atoms with Crippen molar-refractivity contribution >= 4 is 34.1 Å². The molecule has 0 aliphatic heterocycles. The number of hydrogen-bond acceptors (Lipinski definition) is 6. The summed E-state index contributed by atoms with van der Waals surface area (Å²) in [5.74, 6) is 1.16. The van der Waals surface area contributed by atoms with Gasteiger partial charge >= 0.3 is 0 Å². The first kappa shape index (κ1) is 16.7. The van der Waals surface area contributed by atoms with Crippen LogP contribution in [0.3, 0.4) is 0 Å². The first-order valence-corrected chi connectivity index (χ1v) is 8.91. The minimum absolute atomic E-state index is 0.242. The molecule has 2 heterocycles. The summed E-state index contributed by atoms with van der Waals surface area (Å²) in [7, 11) is 0. The normalized spacial score (nSPS) is 10.8. The molecule has 0 bridgehead atoms. The summed E-state index contributed by atoms with van der Waals surface area (Å²) in [5.41, 5.74) is 1.08. The fourth-order valence-electron chi connectivity index (χ4n) is 2.09. The SMILES string of the molecule is Cc1cc(C(=O)Nc2nnc(SCc3ccccc3F)s2)c(C)o1. The number of halogens is 1. The molecule has 8 heteroatoms. The first-order valence-electron chi connectivity index (χ1n) is 7.11. The molecule has 5 nitrogen and oxygen atoms in total. The fourth-order valence-corrected chi connectivity index (χ4v) is 3.83. The van der Waals surface area contributed by atoms with Gasteiger partial charge in [0.2, 0.25) is 5.13 Å². The maximum Gasteiger partial charge on any atom is 0.261 e. The van der Waals surface area contributed by atoms with Crippen LogP contribution in [0.4, 0.5) is 9.52 Å². The Hall–Kier alpha value is -2.19. The van der Waals surface area contributed by atoms with E-state index in [9.17, 15) is 9.18 Å². The van der Waals surface area contributed by atoms with Crippen LogP contribution in [0.5, 0.6) is 0 Å². The lowest BCUT2D eigenvalue weighted by molar-refractivity contribution is 0.102. The molecule has 0 spiro atoms. The van der Waals surface area contributed by atoms with Crippen LogP contribution in [-0.2, 0) is 5.75 Å². The Bertz CT molecular complexity index is 876. The Kier molecular flexibility index (Phi) is 4.96. The van der Waals surface area contributed by atoms with E-state index in [1.807, 2.05) is 0 Å². The van der Waals surface area contributed by atoms with E-state index in [1.165, 1.54) is 29.2 Å². The lowest BCUT2D eigenvalue weighted by Gasteiger charge is -2.00. The number of furan rings is 1. The summed E-state index contributed by atoms with van der Waals surface area (Å²) in [5, 5.41) is 11.0. The zero-order valence-electron chi connectivity index (χ0n) is 13.0. The van der Waals surface area contributed by atoms with E-state index in [-0.39, 0.29) is 11.7 Å². The molecule has 0 fully saturated rings. The average Bonchev–Trinajstić information content (AvgIpc) is 3.12. The van der Waals surface area contributed by atoms with Gasteiger partial charge in [-0.2, -0.15) is 0 Å². The van der Waals surface area contributed by atoms with Crippen molar-refractivity contribution in [3.8, 4) is 0 Å². The van der Waals surface area contributed by atoms with Crippen molar-refractivity contribution in [3.63, 3.8) is 0 Å². The molecular weight excluding hydrogens is 349 g/mol. The number of benzene rings is 1. The van der Waals surface area contributed by atoms with Gasteiger partial charge in [0, 0.05) is 5.75 Å². The number of carbonyl (C=O) groups is 1. The van der Waals surface area contributed by atoms with E-state index in [2.05, 4.69) is 15.5 Å². The van der Waals surface area contributed by atoms with Crippen molar-refractivity contribution in [1.82, 2.24) is 10.2 Å². The smallest absolute Gasteiger partial charge is 0.261 e. The monoisotopic (exact) mass is 363 g/mol. The molecule has 0 radical (unpaired) electrons. The van der Waals surface area contributed by atoms with Gasteiger partial charge in [0.25, 0.3) is 5.91 Å². The summed E-state index contributed by atoms with van der Waals surface area (Å²) in [6.07, 6.45) is 0. The van der Waals surface area contributed by atoms with E-state index >= 15 is 0 Å². The number of aryl methyl sites for hydroxylation is 2.